The second-order valence-electron chi connectivity index (χ2n) is 4.21. The molecule has 0 radical (unpaired) electrons. The van der Waals surface area contributed by atoms with Gasteiger partial charge in [-0.05, 0) is 30.0 Å². The molecule has 1 heterocycles. The van der Waals surface area contributed by atoms with Gasteiger partial charge in [-0.15, -0.1) is 0 Å². The number of halogens is 1. The zero-order valence-corrected chi connectivity index (χ0v) is 10.4. The summed E-state index contributed by atoms with van der Waals surface area (Å²) in [5.74, 6) is -0.744. The first kappa shape index (κ1) is 12.1. The lowest BCUT2D eigenvalue weighted by Crippen LogP contribution is -2.39. The molecular weight excluding hydrogens is 238 g/mol. The van der Waals surface area contributed by atoms with Crippen molar-refractivity contribution >= 4 is 23.4 Å². The van der Waals surface area contributed by atoms with E-state index in [1.54, 1.807) is 0 Å². The molecule has 1 atom stereocenters. The summed E-state index contributed by atoms with van der Waals surface area (Å²) in [4.78, 5) is 22.8. The van der Waals surface area contributed by atoms with Gasteiger partial charge in [-0.2, -0.15) is 0 Å². The SMILES string of the molecule is CCc1ccc(C2CCC(=O)NC2=O)c(Cl)c1. The lowest BCUT2D eigenvalue weighted by atomic mass is 9.90. The van der Waals surface area contributed by atoms with E-state index in [0.717, 1.165) is 17.5 Å². The third kappa shape index (κ3) is 2.50. The summed E-state index contributed by atoms with van der Waals surface area (Å²) < 4.78 is 0. The Morgan fingerprint density at radius 1 is 1.41 bits per heavy atom. The number of amides is 2. The average molecular weight is 252 g/mol. The molecule has 1 aliphatic rings. The molecule has 2 rings (SSSR count). The fourth-order valence-electron chi connectivity index (χ4n) is 2.06. The second-order valence-corrected chi connectivity index (χ2v) is 4.62. The lowest BCUT2D eigenvalue weighted by molar-refractivity contribution is -0.134. The van der Waals surface area contributed by atoms with Crippen LogP contribution in [0.15, 0.2) is 18.2 Å². The highest BCUT2D eigenvalue weighted by Gasteiger charge is 2.29. The lowest BCUT2D eigenvalue weighted by Gasteiger charge is -2.22. The summed E-state index contributed by atoms with van der Waals surface area (Å²) in [5.41, 5.74) is 1.96. The van der Waals surface area contributed by atoms with Gasteiger partial charge < -0.3 is 0 Å². The van der Waals surface area contributed by atoms with Crippen molar-refractivity contribution in [3.05, 3.63) is 34.3 Å². The highest BCUT2D eigenvalue weighted by atomic mass is 35.5. The van der Waals surface area contributed by atoms with Crippen LogP contribution in [0.2, 0.25) is 5.02 Å². The summed E-state index contributed by atoms with van der Waals surface area (Å²) in [6.45, 7) is 2.05. The largest absolute Gasteiger partial charge is 0.296 e. The van der Waals surface area contributed by atoms with Gasteiger partial charge in [0.15, 0.2) is 0 Å². The predicted octanol–water partition coefficient (Wildman–Crippen LogP) is 2.42. The molecule has 1 aromatic carbocycles. The van der Waals surface area contributed by atoms with E-state index in [1.165, 1.54) is 0 Å². The summed E-state index contributed by atoms with van der Waals surface area (Å²) in [7, 11) is 0. The van der Waals surface area contributed by atoms with Gasteiger partial charge in [-0.3, -0.25) is 14.9 Å². The van der Waals surface area contributed by atoms with E-state index in [2.05, 4.69) is 12.2 Å². The van der Waals surface area contributed by atoms with Crippen LogP contribution in [0.3, 0.4) is 0 Å². The van der Waals surface area contributed by atoms with Gasteiger partial charge in [0.2, 0.25) is 11.8 Å². The highest BCUT2D eigenvalue weighted by molar-refractivity contribution is 6.31. The number of hydrogen-bond donors (Lipinski definition) is 1. The van der Waals surface area contributed by atoms with Crippen molar-refractivity contribution in [1.82, 2.24) is 5.32 Å². The Labute approximate surface area is 105 Å². The van der Waals surface area contributed by atoms with E-state index in [4.69, 9.17) is 11.6 Å². The Bertz CT molecular complexity index is 470. The van der Waals surface area contributed by atoms with Crippen LogP contribution in [-0.4, -0.2) is 11.8 Å². The molecule has 1 N–H and O–H groups in total. The van der Waals surface area contributed by atoms with Gasteiger partial charge in [-0.1, -0.05) is 30.7 Å². The number of aryl methyl sites for hydroxylation is 1. The van der Waals surface area contributed by atoms with Crippen LogP contribution in [0, 0.1) is 0 Å². The molecule has 1 aliphatic heterocycles. The van der Waals surface area contributed by atoms with Crippen molar-refractivity contribution in [2.45, 2.75) is 32.1 Å². The van der Waals surface area contributed by atoms with E-state index in [9.17, 15) is 9.59 Å². The third-order valence-electron chi connectivity index (χ3n) is 3.09. The smallest absolute Gasteiger partial charge is 0.234 e. The van der Waals surface area contributed by atoms with E-state index < -0.39 is 0 Å². The van der Waals surface area contributed by atoms with Gasteiger partial charge >= 0.3 is 0 Å². The standard InChI is InChI=1S/C13H14ClNO2/c1-2-8-3-4-9(11(14)7-8)10-5-6-12(16)15-13(10)17/h3-4,7,10H,2,5-6H2,1H3,(H,15,16,17). The molecule has 1 unspecified atom stereocenters. The first-order chi connectivity index (χ1) is 8.11. The van der Waals surface area contributed by atoms with Crippen molar-refractivity contribution in [3.8, 4) is 0 Å². The molecule has 0 bridgehead atoms. The number of imide groups is 1. The minimum absolute atomic E-state index is 0.201. The van der Waals surface area contributed by atoms with Crippen LogP contribution >= 0.6 is 11.6 Å². The van der Waals surface area contributed by atoms with Crippen molar-refractivity contribution in [1.29, 1.82) is 0 Å². The molecule has 0 aliphatic carbocycles. The number of benzene rings is 1. The molecule has 1 fully saturated rings. The minimum atomic E-state index is -0.300. The van der Waals surface area contributed by atoms with Crippen LogP contribution < -0.4 is 5.32 Å². The normalized spacial score (nSPS) is 20.2. The fourth-order valence-corrected chi connectivity index (χ4v) is 2.40. The molecule has 0 spiro atoms. The molecule has 4 heteroatoms. The van der Waals surface area contributed by atoms with Crippen LogP contribution in [0.5, 0.6) is 0 Å². The quantitative estimate of drug-likeness (QED) is 0.821. The van der Waals surface area contributed by atoms with Gasteiger partial charge in [0.05, 0.1) is 5.92 Å². The van der Waals surface area contributed by atoms with Gasteiger partial charge in [-0.25, -0.2) is 0 Å². The molecule has 2 amide bonds. The van der Waals surface area contributed by atoms with Crippen molar-refractivity contribution < 1.29 is 9.59 Å². The first-order valence-electron chi connectivity index (χ1n) is 5.74. The zero-order valence-electron chi connectivity index (χ0n) is 9.63. The molecule has 90 valence electrons. The Hall–Kier alpha value is -1.35. The van der Waals surface area contributed by atoms with Crippen molar-refractivity contribution in [3.63, 3.8) is 0 Å². The fraction of sp³-hybridized carbons (Fsp3) is 0.385. The summed E-state index contributed by atoms with van der Waals surface area (Å²) >= 11 is 6.18. The van der Waals surface area contributed by atoms with Gasteiger partial charge in [0, 0.05) is 11.4 Å². The van der Waals surface area contributed by atoms with Crippen molar-refractivity contribution in [2.24, 2.45) is 0 Å². The predicted molar refractivity (Wildman–Crippen MR) is 66.0 cm³/mol. The molecular formula is C13H14ClNO2. The Morgan fingerprint density at radius 3 is 2.76 bits per heavy atom. The highest BCUT2D eigenvalue weighted by Crippen LogP contribution is 2.31. The molecule has 17 heavy (non-hydrogen) atoms. The number of carbonyl (C=O) groups excluding carboxylic acids is 2. The maximum Gasteiger partial charge on any atom is 0.234 e. The number of rotatable bonds is 2. The van der Waals surface area contributed by atoms with Gasteiger partial charge in [0.1, 0.15) is 0 Å². The van der Waals surface area contributed by atoms with Crippen LogP contribution in [0.4, 0.5) is 0 Å². The zero-order chi connectivity index (χ0) is 12.4. The molecule has 1 saturated heterocycles. The van der Waals surface area contributed by atoms with Crippen LogP contribution in [0.1, 0.15) is 36.8 Å². The molecule has 1 aromatic rings. The number of nitrogens with one attached hydrogen (secondary N) is 1. The topological polar surface area (TPSA) is 46.2 Å². The molecule has 3 nitrogen and oxygen atoms in total. The average Bonchev–Trinajstić information content (AvgIpc) is 2.30. The first-order valence-corrected chi connectivity index (χ1v) is 6.11. The second kappa shape index (κ2) is 4.88. The van der Waals surface area contributed by atoms with E-state index >= 15 is 0 Å². The Balaban J connectivity index is 2.28. The Kier molecular flexibility index (Phi) is 3.48. The maximum atomic E-state index is 11.7. The monoisotopic (exact) mass is 251 g/mol. The molecule has 0 saturated carbocycles. The van der Waals surface area contributed by atoms with Crippen molar-refractivity contribution in [2.75, 3.05) is 0 Å². The summed E-state index contributed by atoms with van der Waals surface area (Å²) in [6, 6.07) is 5.76. The van der Waals surface area contributed by atoms with Crippen LogP contribution in [-0.2, 0) is 16.0 Å². The van der Waals surface area contributed by atoms with E-state index in [0.29, 0.717) is 17.9 Å². The van der Waals surface area contributed by atoms with E-state index in [-0.39, 0.29) is 17.7 Å². The molecule has 0 aromatic heterocycles. The number of carbonyl (C=O) groups is 2. The summed E-state index contributed by atoms with van der Waals surface area (Å²) in [6.07, 6.45) is 1.83. The van der Waals surface area contributed by atoms with Gasteiger partial charge in [0.25, 0.3) is 0 Å². The maximum absolute atomic E-state index is 11.7. The summed E-state index contributed by atoms with van der Waals surface area (Å²) in [5, 5.41) is 2.96. The third-order valence-corrected chi connectivity index (χ3v) is 3.42. The van der Waals surface area contributed by atoms with Crippen LogP contribution in [0.25, 0.3) is 0 Å². The Morgan fingerprint density at radius 2 is 2.18 bits per heavy atom. The minimum Gasteiger partial charge on any atom is -0.296 e. The number of piperidine rings is 1. The van der Waals surface area contributed by atoms with E-state index in [1.807, 2.05) is 18.2 Å². The number of hydrogen-bond acceptors (Lipinski definition) is 2.